The summed E-state index contributed by atoms with van der Waals surface area (Å²) < 4.78 is 5.81. The monoisotopic (exact) mass is 507 g/mol. The van der Waals surface area contributed by atoms with E-state index in [2.05, 4.69) is 11.9 Å². The van der Waals surface area contributed by atoms with Gasteiger partial charge in [0.1, 0.15) is 17.1 Å². The second-order valence-corrected chi connectivity index (χ2v) is 11.0. The summed E-state index contributed by atoms with van der Waals surface area (Å²) in [5.41, 5.74) is -1.55. The summed E-state index contributed by atoms with van der Waals surface area (Å²) in [5, 5.41) is 25.7. The van der Waals surface area contributed by atoms with Crippen molar-refractivity contribution in [3.63, 3.8) is 0 Å². The number of Topliss-reactive ketones (excluding diaryl/α,β-unsaturated/α-hetero) is 1. The van der Waals surface area contributed by atoms with Gasteiger partial charge in [-0.15, -0.1) is 0 Å². The summed E-state index contributed by atoms with van der Waals surface area (Å²) in [6.07, 6.45) is 5.01. The summed E-state index contributed by atoms with van der Waals surface area (Å²) in [5.74, 6) is -3.26. The second-order valence-electron chi connectivity index (χ2n) is 11.0. The van der Waals surface area contributed by atoms with Crippen LogP contribution in [0.4, 0.5) is 0 Å². The summed E-state index contributed by atoms with van der Waals surface area (Å²) in [7, 11) is 0. The van der Waals surface area contributed by atoms with Crippen LogP contribution in [0.3, 0.4) is 0 Å². The van der Waals surface area contributed by atoms with Gasteiger partial charge in [0.15, 0.2) is 5.78 Å². The molecule has 2 aliphatic carbocycles. The van der Waals surface area contributed by atoms with Crippen molar-refractivity contribution in [2.45, 2.75) is 64.4 Å². The van der Waals surface area contributed by atoms with E-state index in [-0.39, 0.29) is 23.7 Å². The fraction of sp³-hybridized carbons (Fsp3) is 0.500. The van der Waals surface area contributed by atoms with E-state index in [1.54, 1.807) is 19.1 Å². The van der Waals surface area contributed by atoms with Crippen molar-refractivity contribution < 1.29 is 29.3 Å². The topological polar surface area (TPSA) is 113 Å². The van der Waals surface area contributed by atoms with Gasteiger partial charge in [0, 0.05) is 30.7 Å². The van der Waals surface area contributed by atoms with Crippen LogP contribution in [-0.4, -0.2) is 51.7 Å². The number of esters is 1. The zero-order valence-corrected chi connectivity index (χ0v) is 21.9. The molecule has 2 fully saturated rings. The Kier molecular flexibility index (Phi) is 7.32. The van der Waals surface area contributed by atoms with E-state index >= 15 is 0 Å². The normalized spacial score (nSPS) is 41.6. The van der Waals surface area contributed by atoms with Crippen LogP contribution in [0.2, 0.25) is 0 Å². The number of allylic oxidation sites excluding steroid dienone is 1. The number of nitrogens with one attached hydrogen (secondary N) is 1. The summed E-state index contributed by atoms with van der Waals surface area (Å²) in [6, 6.07) is 9.49. The van der Waals surface area contributed by atoms with Crippen molar-refractivity contribution in [3.05, 3.63) is 72.4 Å². The largest absolute Gasteiger partial charge is 0.457 e. The van der Waals surface area contributed by atoms with Crippen molar-refractivity contribution in [1.82, 2.24) is 5.32 Å². The summed E-state index contributed by atoms with van der Waals surface area (Å²) in [6.45, 7) is 10.5. The van der Waals surface area contributed by atoms with Gasteiger partial charge < -0.3 is 20.3 Å². The van der Waals surface area contributed by atoms with E-state index in [9.17, 15) is 24.6 Å². The number of aliphatic hydroxyl groups is 2. The standard InChI is InChI=1S/C30H37NO6/c1-17-10-9-13-22-26(33)19(3)18(2)25-23(16-21-11-7-6-8-12-21)31-28(35)30(22,25)24(37-20(4)32)14-15-29(5,36)27(17)34/h6-9,11-15,17-18,22-26,33,36H,3,10,16H2,1-2,4-5H3,(H,31,35)/b13-9+,15-14+/t17-,18+,22+,23+,24+,25-,26+,29+,30+/m0/s1. The lowest BCUT2D eigenvalue weighted by Gasteiger charge is -2.52. The van der Waals surface area contributed by atoms with Gasteiger partial charge in [-0.1, -0.05) is 62.9 Å². The molecule has 3 N–H and O–H groups in total. The molecule has 1 aromatic carbocycles. The molecule has 0 aromatic heterocycles. The molecule has 198 valence electrons. The van der Waals surface area contributed by atoms with Gasteiger partial charge in [-0.25, -0.2) is 0 Å². The lowest BCUT2D eigenvalue weighted by Crippen LogP contribution is -2.60. The number of amides is 1. The van der Waals surface area contributed by atoms with E-state index in [0.29, 0.717) is 18.4 Å². The maximum Gasteiger partial charge on any atom is 0.303 e. The molecule has 37 heavy (non-hydrogen) atoms. The molecule has 3 aliphatic rings. The number of hydrogen-bond donors (Lipinski definition) is 3. The molecule has 9 atom stereocenters. The maximum atomic E-state index is 14.2. The second kappa shape index (κ2) is 10.0. The van der Waals surface area contributed by atoms with Crippen molar-refractivity contribution >= 4 is 17.7 Å². The van der Waals surface area contributed by atoms with E-state index in [1.165, 1.54) is 26.0 Å². The van der Waals surface area contributed by atoms with Crippen LogP contribution in [-0.2, 0) is 25.5 Å². The van der Waals surface area contributed by atoms with Gasteiger partial charge in [0.25, 0.3) is 0 Å². The van der Waals surface area contributed by atoms with Crippen LogP contribution >= 0.6 is 0 Å². The van der Waals surface area contributed by atoms with Crippen molar-refractivity contribution in [2.24, 2.45) is 29.1 Å². The van der Waals surface area contributed by atoms with Crippen LogP contribution in [0.1, 0.15) is 39.7 Å². The van der Waals surface area contributed by atoms with Gasteiger partial charge in [0.2, 0.25) is 5.91 Å². The number of ether oxygens (including phenoxy) is 1. The highest BCUT2D eigenvalue weighted by molar-refractivity contribution is 5.91. The highest BCUT2D eigenvalue weighted by Crippen LogP contribution is 2.58. The highest BCUT2D eigenvalue weighted by Gasteiger charge is 2.68. The highest BCUT2D eigenvalue weighted by atomic mass is 16.5. The SMILES string of the molecule is C=C1[C@@H](C)[C@H]2[C@@H](Cc3ccccc3)NC(=O)[C@@]23[C@H](/C=C/C[C@H](C)C(=O)[C@](C)(O)/C=C/[C@H]3OC(C)=O)[C@@H]1O. The van der Waals surface area contributed by atoms with Crippen LogP contribution < -0.4 is 5.32 Å². The Bertz CT molecular complexity index is 1140. The molecule has 1 spiro atoms. The Morgan fingerprint density at radius 2 is 1.86 bits per heavy atom. The summed E-state index contributed by atoms with van der Waals surface area (Å²) >= 11 is 0. The van der Waals surface area contributed by atoms with Crippen molar-refractivity contribution in [2.75, 3.05) is 0 Å². The Morgan fingerprint density at radius 3 is 2.51 bits per heavy atom. The zero-order valence-electron chi connectivity index (χ0n) is 21.9. The first kappa shape index (κ1) is 27.0. The first-order valence-corrected chi connectivity index (χ1v) is 12.9. The fourth-order valence-electron chi connectivity index (χ4n) is 6.68. The number of carbonyl (C=O) groups is 3. The van der Waals surface area contributed by atoms with Crippen LogP contribution in [0.25, 0.3) is 0 Å². The predicted molar refractivity (Wildman–Crippen MR) is 139 cm³/mol. The van der Waals surface area contributed by atoms with E-state index in [0.717, 1.165) is 5.56 Å². The van der Waals surface area contributed by atoms with Crippen molar-refractivity contribution in [3.8, 4) is 0 Å². The third-order valence-electron chi connectivity index (χ3n) is 8.53. The molecule has 1 heterocycles. The molecule has 7 heteroatoms. The molecule has 1 aromatic rings. The molecule has 4 rings (SSSR count). The van der Waals surface area contributed by atoms with Gasteiger partial charge in [-0.2, -0.15) is 0 Å². The minimum Gasteiger partial charge on any atom is -0.457 e. The molecule has 0 unspecified atom stereocenters. The third kappa shape index (κ3) is 4.59. The van der Waals surface area contributed by atoms with Gasteiger partial charge in [-0.3, -0.25) is 14.4 Å². The first-order chi connectivity index (χ1) is 17.4. The Labute approximate surface area is 218 Å². The van der Waals surface area contributed by atoms with Crippen LogP contribution in [0.5, 0.6) is 0 Å². The molecule has 1 amide bonds. The molecular formula is C30H37NO6. The Balaban J connectivity index is 1.94. The van der Waals surface area contributed by atoms with E-state index in [4.69, 9.17) is 4.74 Å². The lowest BCUT2D eigenvalue weighted by atomic mass is 9.51. The van der Waals surface area contributed by atoms with Crippen molar-refractivity contribution in [1.29, 1.82) is 0 Å². The summed E-state index contributed by atoms with van der Waals surface area (Å²) in [4.78, 5) is 39.5. The Morgan fingerprint density at radius 1 is 1.19 bits per heavy atom. The predicted octanol–water partition coefficient (Wildman–Crippen LogP) is 2.92. The zero-order chi connectivity index (χ0) is 27.1. The number of aliphatic hydroxyl groups excluding tert-OH is 1. The molecule has 0 bridgehead atoms. The molecular weight excluding hydrogens is 470 g/mol. The molecule has 1 saturated carbocycles. The fourth-order valence-corrected chi connectivity index (χ4v) is 6.68. The smallest absolute Gasteiger partial charge is 0.303 e. The number of carbonyl (C=O) groups excluding carboxylic acids is 3. The van der Waals surface area contributed by atoms with E-state index in [1.807, 2.05) is 37.3 Å². The Hall–Kier alpha value is -3.03. The van der Waals surface area contributed by atoms with Gasteiger partial charge in [-0.05, 0) is 49.0 Å². The number of ketones is 1. The first-order valence-electron chi connectivity index (χ1n) is 12.9. The minimum absolute atomic E-state index is 0.287. The van der Waals surface area contributed by atoms with E-state index < -0.39 is 46.9 Å². The number of hydrogen-bond acceptors (Lipinski definition) is 6. The van der Waals surface area contributed by atoms with Crippen LogP contribution in [0, 0.1) is 29.1 Å². The molecule has 0 radical (unpaired) electrons. The number of benzene rings is 1. The average Bonchev–Trinajstić information content (AvgIpc) is 3.13. The number of rotatable bonds is 3. The molecule has 1 saturated heterocycles. The minimum atomic E-state index is -1.82. The average molecular weight is 508 g/mol. The van der Waals surface area contributed by atoms with Gasteiger partial charge >= 0.3 is 5.97 Å². The molecule has 7 nitrogen and oxygen atoms in total. The third-order valence-corrected chi connectivity index (χ3v) is 8.53. The lowest BCUT2D eigenvalue weighted by molar-refractivity contribution is -0.166. The van der Waals surface area contributed by atoms with Crippen LogP contribution in [0.15, 0.2) is 66.8 Å². The quantitative estimate of drug-likeness (QED) is 0.428. The maximum absolute atomic E-state index is 14.2. The van der Waals surface area contributed by atoms with Gasteiger partial charge in [0.05, 0.1) is 6.10 Å². The molecule has 1 aliphatic heterocycles.